The molecule has 0 spiro atoms. The highest BCUT2D eigenvalue weighted by atomic mass is 14.9. The van der Waals surface area contributed by atoms with E-state index in [0.717, 1.165) is 33.5 Å². The van der Waals surface area contributed by atoms with Gasteiger partial charge < -0.3 is 4.98 Å². The number of hydrogen-bond donors (Lipinski definition) is 1. The van der Waals surface area contributed by atoms with E-state index in [1.165, 1.54) is 10.8 Å². The number of nitrogens with one attached hydrogen (secondary N) is 1. The highest BCUT2D eigenvalue weighted by molar-refractivity contribution is 6.08. The van der Waals surface area contributed by atoms with Crippen molar-refractivity contribution < 1.29 is 9.13 Å². The van der Waals surface area contributed by atoms with Crippen LogP contribution in [0.4, 0.5) is 0 Å². The molecule has 0 radical (unpaired) electrons. The molecule has 2 aromatic carbocycles. The number of benzene rings is 2. The fraction of sp³-hybridized carbons (Fsp3) is 0.0769. The highest BCUT2D eigenvalue weighted by Crippen LogP contribution is 2.28. The molecule has 150 valence electrons. The second kappa shape index (κ2) is 7.95. The Balaban J connectivity index is 1.49. The molecular weight excluding hydrogens is 382 g/mol. The van der Waals surface area contributed by atoms with Crippen molar-refractivity contribution in [2.75, 3.05) is 0 Å². The van der Waals surface area contributed by atoms with Crippen LogP contribution in [-0.2, 0) is 14.1 Å². The van der Waals surface area contributed by atoms with Crippen LogP contribution in [-0.4, -0.2) is 15.0 Å². The fourth-order valence-electron chi connectivity index (χ4n) is 3.69. The largest absolute Gasteiger partial charge is 0.355 e. The first-order valence-corrected chi connectivity index (χ1v) is 10.2. The fourth-order valence-corrected chi connectivity index (χ4v) is 3.69. The number of rotatable bonds is 4. The Morgan fingerprint density at radius 2 is 1.16 bits per heavy atom. The Hall–Kier alpha value is -4.12. The van der Waals surface area contributed by atoms with Gasteiger partial charge in [-0.1, -0.05) is 24.3 Å². The van der Waals surface area contributed by atoms with Gasteiger partial charge in [0.15, 0.2) is 24.8 Å². The summed E-state index contributed by atoms with van der Waals surface area (Å²) in [6.07, 6.45) is 19.8. The minimum atomic E-state index is 0.930. The molecule has 5 rings (SSSR count). The summed E-state index contributed by atoms with van der Waals surface area (Å²) in [5.41, 5.74) is 6.41. The molecule has 3 heterocycles. The van der Waals surface area contributed by atoms with Gasteiger partial charge in [-0.25, -0.2) is 19.1 Å². The Labute approximate surface area is 180 Å². The number of aromatic amines is 1. The quantitative estimate of drug-likeness (QED) is 0.458. The van der Waals surface area contributed by atoms with E-state index in [1.807, 2.05) is 72.6 Å². The highest BCUT2D eigenvalue weighted by Gasteiger charge is 2.06. The Morgan fingerprint density at radius 3 is 1.61 bits per heavy atom. The number of nitrogens with zero attached hydrogens (tertiary/aromatic N) is 4. The van der Waals surface area contributed by atoms with E-state index in [2.05, 4.69) is 63.5 Å². The molecule has 0 aliphatic heterocycles. The van der Waals surface area contributed by atoms with Gasteiger partial charge in [0.2, 0.25) is 0 Å². The van der Waals surface area contributed by atoms with Crippen LogP contribution < -0.4 is 9.13 Å². The van der Waals surface area contributed by atoms with Crippen molar-refractivity contribution in [2.45, 2.75) is 0 Å². The third kappa shape index (κ3) is 4.12. The Morgan fingerprint density at radius 1 is 0.677 bits per heavy atom. The lowest BCUT2D eigenvalue weighted by Crippen LogP contribution is -2.27. The number of H-pyrrole nitrogens is 1. The van der Waals surface area contributed by atoms with Gasteiger partial charge >= 0.3 is 0 Å². The molecule has 3 aromatic heterocycles. The molecule has 0 aliphatic rings. The van der Waals surface area contributed by atoms with E-state index in [9.17, 15) is 0 Å². The van der Waals surface area contributed by atoms with E-state index in [4.69, 9.17) is 0 Å². The lowest BCUT2D eigenvalue weighted by Gasteiger charge is -1.98. The summed E-state index contributed by atoms with van der Waals surface area (Å²) in [6.45, 7) is 0. The molecule has 0 bridgehead atoms. The number of fused-ring (bicyclic) bond motifs is 3. The lowest BCUT2D eigenvalue weighted by atomic mass is 10.1. The summed E-state index contributed by atoms with van der Waals surface area (Å²) in [5, 5.41) is 2.42. The van der Waals surface area contributed by atoms with Gasteiger partial charge in [-0.3, -0.25) is 0 Å². The number of aromatic nitrogens is 5. The van der Waals surface area contributed by atoms with Crippen LogP contribution in [0.2, 0.25) is 0 Å². The molecule has 0 atom stereocenters. The molecule has 0 amide bonds. The zero-order valence-corrected chi connectivity index (χ0v) is 17.5. The van der Waals surface area contributed by atoms with Crippen molar-refractivity contribution in [3.63, 3.8) is 0 Å². The average Bonchev–Trinajstić information content (AvgIpc) is 3.14. The van der Waals surface area contributed by atoms with Gasteiger partial charge in [-0.15, -0.1) is 0 Å². The molecule has 0 unspecified atom stereocenters. The molecule has 0 fully saturated rings. The molecule has 5 nitrogen and oxygen atoms in total. The van der Waals surface area contributed by atoms with Gasteiger partial charge in [0.1, 0.15) is 25.5 Å². The second-order valence-electron chi connectivity index (χ2n) is 7.70. The van der Waals surface area contributed by atoms with E-state index < -0.39 is 0 Å². The van der Waals surface area contributed by atoms with E-state index >= 15 is 0 Å². The summed E-state index contributed by atoms with van der Waals surface area (Å²) in [7, 11) is 3.99. The van der Waals surface area contributed by atoms with Gasteiger partial charge in [-0.05, 0) is 47.5 Å². The second-order valence-corrected chi connectivity index (χ2v) is 7.70. The minimum Gasteiger partial charge on any atom is -0.355 e. The molecule has 5 aromatic rings. The van der Waals surface area contributed by atoms with Crippen LogP contribution >= 0.6 is 0 Å². The predicted molar refractivity (Wildman–Crippen MR) is 124 cm³/mol. The first-order chi connectivity index (χ1) is 15.1. The smallest absolute Gasteiger partial charge is 0.194 e. The lowest BCUT2D eigenvalue weighted by molar-refractivity contribution is -0.672. The summed E-state index contributed by atoms with van der Waals surface area (Å²) < 4.78 is 3.99. The van der Waals surface area contributed by atoms with Crippen LogP contribution in [0.25, 0.3) is 46.1 Å². The summed E-state index contributed by atoms with van der Waals surface area (Å²) in [5.74, 6) is 0. The van der Waals surface area contributed by atoms with Crippen molar-refractivity contribution in [3.8, 4) is 0 Å². The maximum Gasteiger partial charge on any atom is 0.194 e. The third-order valence-corrected chi connectivity index (χ3v) is 5.26. The Kier molecular flexibility index (Phi) is 4.84. The summed E-state index contributed by atoms with van der Waals surface area (Å²) in [6, 6.07) is 13.0. The zero-order valence-electron chi connectivity index (χ0n) is 17.5. The van der Waals surface area contributed by atoms with E-state index in [0.29, 0.717) is 0 Å². The first kappa shape index (κ1) is 18.9. The van der Waals surface area contributed by atoms with Crippen LogP contribution in [0.5, 0.6) is 0 Å². The number of aryl methyl sites for hydroxylation is 2. The summed E-state index contributed by atoms with van der Waals surface area (Å²) >= 11 is 0. The van der Waals surface area contributed by atoms with Crippen LogP contribution in [0.3, 0.4) is 0 Å². The summed E-state index contributed by atoms with van der Waals surface area (Å²) in [4.78, 5) is 12.3. The predicted octanol–water partition coefficient (Wildman–Crippen LogP) is 4.10. The molecule has 0 aliphatic carbocycles. The zero-order chi connectivity index (χ0) is 21.2. The molecule has 1 N–H and O–H groups in total. The minimum absolute atomic E-state index is 0.930. The standard InChI is InChI=1S/C26H23N5/c1-30-13-11-27-21(17-30)7-3-19-5-9-25-23(15-19)24-16-20(6-10-26(24)29-25)4-8-22-18-31(2)14-12-28-22/h3-18,29H,1-2H3/q+2/b7-3+,8-4+. The van der Waals surface area contributed by atoms with Crippen molar-refractivity contribution >= 4 is 46.1 Å². The van der Waals surface area contributed by atoms with Crippen molar-refractivity contribution in [3.05, 3.63) is 96.1 Å². The van der Waals surface area contributed by atoms with Crippen LogP contribution in [0, 0.1) is 0 Å². The maximum atomic E-state index is 4.39. The SMILES string of the molecule is C[n+]1ccnc(/C=C/c2ccc3[nH]c4ccc(/C=C/c5c[n+](C)ccn5)cc4c3c2)c1. The maximum absolute atomic E-state index is 4.39. The molecule has 0 saturated heterocycles. The Bertz CT molecular complexity index is 1350. The topological polar surface area (TPSA) is 49.3 Å². The van der Waals surface area contributed by atoms with E-state index in [1.54, 1.807) is 0 Å². The van der Waals surface area contributed by atoms with Crippen molar-refractivity contribution in [1.82, 2.24) is 15.0 Å². The normalized spacial score (nSPS) is 11.9. The van der Waals surface area contributed by atoms with Gasteiger partial charge in [-0.2, -0.15) is 0 Å². The monoisotopic (exact) mass is 405 g/mol. The molecule has 5 heteroatoms. The van der Waals surface area contributed by atoms with Gasteiger partial charge in [0.05, 0.1) is 12.4 Å². The van der Waals surface area contributed by atoms with E-state index in [-0.39, 0.29) is 0 Å². The molecular formula is C26H23N5+2. The first-order valence-electron chi connectivity index (χ1n) is 10.2. The van der Waals surface area contributed by atoms with Crippen LogP contribution in [0.1, 0.15) is 22.5 Å². The number of hydrogen-bond acceptors (Lipinski definition) is 2. The average molecular weight is 406 g/mol. The van der Waals surface area contributed by atoms with Crippen molar-refractivity contribution in [2.24, 2.45) is 14.1 Å². The van der Waals surface area contributed by atoms with Gasteiger partial charge in [0.25, 0.3) is 0 Å². The molecule has 0 saturated carbocycles. The van der Waals surface area contributed by atoms with Crippen molar-refractivity contribution in [1.29, 1.82) is 0 Å². The molecule has 31 heavy (non-hydrogen) atoms. The third-order valence-electron chi connectivity index (χ3n) is 5.26. The van der Waals surface area contributed by atoms with Gasteiger partial charge in [0, 0.05) is 21.8 Å². The van der Waals surface area contributed by atoms with Crippen LogP contribution in [0.15, 0.2) is 73.6 Å².